The maximum absolute atomic E-state index is 12.3. The first-order valence-electron chi connectivity index (χ1n) is 7.72. The number of ether oxygens (including phenoxy) is 1. The number of para-hydroxylation sites is 1. The first-order chi connectivity index (χ1) is 11.7. The number of anilines is 1. The van der Waals surface area contributed by atoms with Crippen LogP contribution in [0, 0.1) is 6.92 Å². The SMILES string of the molecule is Cc1cccnc1NC(=O)c1ccc(COc2ccccc2)cc1. The molecule has 0 saturated carbocycles. The van der Waals surface area contributed by atoms with Gasteiger partial charge in [-0.3, -0.25) is 4.79 Å². The number of benzene rings is 2. The number of nitrogens with one attached hydrogen (secondary N) is 1. The summed E-state index contributed by atoms with van der Waals surface area (Å²) >= 11 is 0. The number of hydrogen-bond acceptors (Lipinski definition) is 3. The Morgan fingerprint density at radius 1 is 1.00 bits per heavy atom. The smallest absolute Gasteiger partial charge is 0.256 e. The van der Waals surface area contributed by atoms with Gasteiger partial charge in [0, 0.05) is 11.8 Å². The molecule has 1 heterocycles. The molecule has 1 N–H and O–H groups in total. The van der Waals surface area contributed by atoms with E-state index in [0.29, 0.717) is 18.0 Å². The van der Waals surface area contributed by atoms with Crippen molar-refractivity contribution in [2.45, 2.75) is 13.5 Å². The molecule has 3 rings (SSSR count). The minimum absolute atomic E-state index is 0.174. The molecule has 0 aliphatic rings. The molecular weight excluding hydrogens is 300 g/mol. The number of aryl methyl sites for hydroxylation is 1. The number of amides is 1. The van der Waals surface area contributed by atoms with E-state index >= 15 is 0 Å². The number of pyridine rings is 1. The van der Waals surface area contributed by atoms with Crippen molar-refractivity contribution in [1.82, 2.24) is 4.98 Å². The first-order valence-corrected chi connectivity index (χ1v) is 7.72. The van der Waals surface area contributed by atoms with Gasteiger partial charge in [-0.2, -0.15) is 0 Å². The summed E-state index contributed by atoms with van der Waals surface area (Å²) in [4.78, 5) is 16.4. The van der Waals surface area contributed by atoms with E-state index in [-0.39, 0.29) is 5.91 Å². The molecule has 0 radical (unpaired) electrons. The fraction of sp³-hybridized carbons (Fsp3) is 0.100. The number of aromatic nitrogens is 1. The standard InChI is InChI=1S/C20H18N2O2/c1-15-6-5-13-21-19(15)22-20(23)17-11-9-16(10-12-17)14-24-18-7-3-2-4-8-18/h2-13H,14H2,1H3,(H,21,22,23). The number of carbonyl (C=O) groups is 1. The Labute approximate surface area is 141 Å². The summed E-state index contributed by atoms with van der Waals surface area (Å²) in [6.45, 7) is 2.37. The molecule has 0 saturated heterocycles. The van der Waals surface area contributed by atoms with Gasteiger partial charge in [0.1, 0.15) is 18.2 Å². The van der Waals surface area contributed by atoms with Gasteiger partial charge in [-0.15, -0.1) is 0 Å². The van der Waals surface area contributed by atoms with Gasteiger partial charge in [0.25, 0.3) is 5.91 Å². The van der Waals surface area contributed by atoms with Crippen LogP contribution < -0.4 is 10.1 Å². The highest BCUT2D eigenvalue weighted by molar-refractivity contribution is 6.04. The summed E-state index contributed by atoms with van der Waals surface area (Å²) in [6.07, 6.45) is 1.66. The van der Waals surface area contributed by atoms with Crippen molar-refractivity contribution in [2.24, 2.45) is 0 Å². The lowest BCUT2D eigenvalue weighted by atomic mass is 10.1. The largest absolute Gasteiger partial charge is 0.489 e. The van der Waals surface area contributed by atoms with Gasteiger partial charge < -0.3 is 10.1 Å². The van der Waals surface area contributed by atoms with E-state index in [1.165, 1.54) is 0 Å². The summed E-state index contributed by atoms with van der Waals surface area (Å²) < 4.78 is 5.69. The predicted molar refractivity (Wildman–Crippen MR) is 94.1 cm³/mol. The van der Waals surface area contributed by atoms with E-state index in [1.54, 1.807) is 18.3 Å². The summed E-state index contributed by atoms with van der Waals surface area (Å²) in [5.74, 6) is 1.23. The van der Waals surface area contributed by atoms with Crippen molar-refractivity contribution >= 4 is 11.7 Å². The molecule has 24 heavy (non-hydrogen) atoms. The third-order valence-electron chi connectivity index (χ3n) is 3.61. The molecule has 0 spiro atoms. The molecule has 1 amide bonds. The van der Waals surface area contributed by atoms with Crippen molar-refractivity contribution in [3.63, 3.8) is 0 Å². The normalized spacial score (nSPS) is 10.2. The third kappa shape index (κ3) is 3.98. The lowest BCUT2D eigenvalue weighted by molar-refractivity contribution is 0.102. The molecule has 0 aliphatic carbocycles. The number of hydrogen-bond donors (Lipinski definition) is 1. The highest BCUT2D eigenvalue weighted by atomic mass is 16.5. The zero-order chi connectivity index (χ0) is 16.8. The van der Waals surface area contributed by atoms with Crippen LogP contribution in [0.15, 0.2) is 72.9 Å². The highest BCUT2D eigenvalue weighted by Gasteiger charge is 2.08. The Bertz CT molecular complexity index is 815. The number of rotatable bonds is 5. The summed E-state index contributed by atoms with van der Waals surface area (Å²) in [7, 11) is 0. The Morgan fingerprint density at radius 3 is 2.46 bits per heavy atom. The Morgan fingerprint density at radius 2 is 1.75 bits per heavy atom. The summed E-state index contributed by atoms with van der Waals surface area (Å²) in [5.41, 5.74) is 2.52. The van der Waals surface area contributed by atoms with Crippen LogP contribution in [0.2, 0.25) is 0 Å². The summed E-state index contributed by atoms with van der Waals surface area (Å²) in [6, 6.07) is 20.8. The minimum Gasteiger partial charge on any atom is -0.489 e. The van der Waals surface area contributed by atoms with Gasteiger partial charge in [-0.05, 0) is 48.4 Å². The average molecular weight is 318 g/mol. The Kier molecular flexibility index (Phi) is 4.87. The molecular formula is C20H18N2O2. The van der Waals surface area contributed by atoms with Crippen LogP contribution in [0.4, 0.5) is 5.82 Å². The van der Waals surface area contributed by atoms with E-state index < -0.39 is 0 Å². The number of carbonyl (C=O) groups excluding carboxylic acids is 1. The maximum atomic E-state index is 12.3. The molecule has 120 valence electrons. The van der Waals surface area contributed by atoms with Crippen molar-refractivity contribution in [2.75, 3.05) is 5.32 Å². The van der Waals surface area contributed by atoms with Crippen LogP contribution in [-0.4, -0.2) is 10.9 Å². The lowest BCUT2D eigenvalue weighted by Gasteiger charge is -2.08. The van der Waals surface area contributed by atoms with Crippen LogP contribution in [-0.2, 0) is 6.61 Å². The molecule has 0 fully saturated rings. The van der Waals surface area contributed by atoms with E-state index in [1.807, 2.05) is 61.5 Å². The van der Waals surface area contributed by atoms with Crippen LogP contribution in [0.5, 0.6) is 5.75 Å². The molecule has 4 heteroatoms. The second kappa shape index (κ2) is 7.42. The Hall–Kier alpha value is -3.14. The number of nitrogens with zero attached hydrogens (tertiary/aromatic N) is 1. The van der Waals surface area contributed by atoms with Gasteiger partial charge in [-0.25, -0.2) is 4.98 Å². The monoisotopic (exact) mass is 318 g/mol. The van der Waals surface area contributed by atoms with E-state index in [4.69, 9.17) is 4.74 Å². The Balaban J connectivity index is 1.61. The second-order valence-electron chi connectivity index (χ2n) is 5.42. The highest BCUT2D eigenvalue weighted by Crippen LogP contribution is 2.14. The third-order valence-corrected chi connectivity index (χ3v) is 3.61. The fourth-order valence-corrected chi connectivity index (χ4v) is 2.23. The quantitative estimate of drug-likeness (QED) is 0.766. The van der Waals surface area contributed by atoms with Crippen molar-refractivity contribution in [3.05, 3.63) is 89.6 Å². The molecule has 1 aromatic heterocycles. The lowest BCUT2D eigenvalue weighted by Crippen LogP contribution is -2.13. The molecule has 0 atom stereocenters. The van der Waals surface area contributed by atoms with Gasteiger partial charge in [-0.1, -0.05) is 36.4 Å². The van der Waals surface area contributed by atoms with E-state index in [2.05, 4.69) is 10.3 Å². The van der Waals surface area contributed by atoms with E-state index in [0.717, 1.165) is 16.9 Å². The van der Waals surface area contributed by atoms with Gasteiger partial charge in [0.15, 0.2) is 0 Å². The zero-order valence-electron chi connectivity index (χ0n) is 13.4. The molecule has 2 aromatic carbocycles. The van der Waals surface area contributed by atoms with E-state index in [9.17, 15) is 4.79 Å². The molecule has 0 bridgehead atoms. The minimum atomic E-state index is -0.174. The van der Waals surface area contributed by atoms with Crippen LogP contribution >= 0.6 is 0 Å². The van der Waals surface area contributed by atoms with Crippen LogP contribution in [0.3, 0.4) is 0 Å². The molecule has 0 aliphatic heterocycles. The topological polar surface area (TPSA) is 51.2 Å². The second-order valence-corrected chi connectivity index (χ2v) is 5.42. The molecule has 3 aromatic rings. The fourth-order valence-electron chi connectivity index (χ4n) is 2.23. The predicted octanol–water partition coefficient (Wildman–Crippen LogP) is 4.22. The van der Waals surface area contributed by atoms with Crippen LogP contribution in [0.1, 0.15) is 21.5 Å². The summed E-state index contributed by atoms with van der Waals surface area (Å²) in [5, 5.41) is 2.82. The average Bonchev–Trinajstić information content (AvgIpc) is 2.63. The van der Waals surface area contributed by atoms with Gasteiger partial charge in [0.2, 0.25) is 0 Å². The van der Waals surface area contributed by atoms with Crippen molar-refractivity contribution < 1.29 is 9.53 Å². The van der Waals surface area contributed by atoms with Gasteiger partial charge >= 0.3 is 0 Å². The maximum Gasteiger partial charge on any atom is 0.256 e. The zero-order valence-corrected chi connectivity index (χ0v) is 13.4. The molecule has 0 unspecified atom stereocenters. The van der Waals surface area contributed by atoms with Crippen LogP contribution in [0.25, 0.3) is 0 Å². The van der Waals surface area contributed by atoms with Gasteiger partial charge in [0.05, 0.1) is 0 Å². The molecule has 4 nitrogen and oxygen atoms in total. The van der Waals surface area contributed by atoms with Crippen molar-refractivity contribution in [3.8, 4) is 5.75 Å². The van der Waals surface area contributed by atoms with Crippen molar-refractivity contribution in [1.29, 1.82) is 0 Å². The first kappa shape index (κ1) is 15.7.